The van der Waals surface area contributed by atoms with Crippen LogP contribution >= 0.6 is 0 Å². The Hall–Kier alpha value is -2.89. The molecule has 0 aliphatic carbocycles. The van der Waals surface area contributed by atoms with Crippen molar-refractivity contribution >= 4 is 5.91 Å². The van der Waals surface area contributed by atoms with Gasteiger partial charge in [0.2, 0.25) is 0 Å². The second-order valence-electron chi connectivity index (χ2n) is 7.29. The molecule has 0 spiro atoms. The van der Waals surface area contributed by atoms with Gasteiger partial charge in [0.25, 0.3) is 5.91 Å². The summed E-state index contributed by atoms with van der Waals surface area (Å²) in [6, 6.07) is 10.4. The maximum Gasteiger partial charge on any atom is 0.257 e. The van der Waals surface area contributed by atoms with E-state index in [1.807, 2.05) is 43.5 Å². The molecule has 1 aromatic carbocycles. The van der Waals surface area contributed by atoms with E-state index in [0.29, 0.717) is 12.1 Å². The van der Waals surface area contributed by atoms with Crippen LogP contribution in [-0.4, -0.2) is 43.2 Å². The number of aromatic nitrogens is 4. The van der Waals surface area contributed by atoms with Crippen LogP contribution in [0.15, 0.2) is 48.9 Å². The van der Waals surface area contributed by atoms with Crippen LogP contribution in [0.1, 0.15) is 46.2 Å². The summed E-state index contributed by atoms with van der Waals surface area (Å²) in [5.41, 5.74) is 2.74. The Morgan fingerprint density at radius 3 is 2.81 bits per heavy atom. The van der Waals surface area contributed by atoms with Crippen LogP contribution in [0.2, 0.25) is 0 Å². The van der Waals surface area contributed by atoms with E-state index in [2.05, 4.69) is 38.9 Å². The van der Waals surface area contributed by atoms with Gasteiger partial charge in [-0.05, 0) is 25.3 Å². The molecule has 6 heteroatoms. The molecular weight excluding hydrogens is 338 g/mol. The first kappa shape index (κ1) is 17.5. The molecule has 4 rings (SSSR count). The fourth-order valence-corrected chi connectivity index (χ4v) is 3.95. The molecule has 0 N–H and O–H groups in total. The molecule has 2 aromatic heterocycles. The molecular formula is C21H25N5O. The minimum Gasteiger partial charge on any atom is -0.338 e. The topological polar surface area (TPSA) is 56.0 Å². The predicted octanol–water partition coefficient (Wildman–Crippen LogP) is 2.99. The zero-order valence-electron chi connectivity index (χ0n) is 15.9. The Bertz CT molecular complexity index is 927. The number of piperidine rings is 1. The van der Waals surface area contributed by atoms with Crippen LogP contribution in [0.3, 0.4) is 0 Å². The first-order valence-corrected chi connectivity index (χ1v) is 9.46. The van der Waals surface area contributed by atoms with Crippen molar-refractivity contribution in [3.8, 4) is 0 Å². The second kappa shape index (κ2) is 7.39. The van der Waals surface area contributed by atoms with Gasteiger partial charge in [0, 0.05) is 51.2 Å². The largest absolute Gasteiger partial charge is 0.338 e. The normalized spacial score (nSPS) is 17.3. The molecule has 1 atom stereocenters. The number of benzene rings is 1. The van der Waals surface area contributed by atoms with Gasteiger partial charge >= 0.3 is 0 Å². The molecule has 0 bridgehead atoms. The fraction of sp³-hybridized carbons (Fsp3) is 0.381. The number of carbonyl (C=O) groups excluding carboxylic acids is 1. The van der Waals surface area contributed by atoms with Crippen molar-refractivity contribution in [3.63, 3.8) is 0 Å². The molecule has 0 saturated carbocycles. The Morgan fingerprint density at radius 2 is 2.07 bits per heavy atom. The Balaban J connectivity index is 1.51. The molecule has 0 unspecified atom stereocenters. The lowest BCUT2D eigenvalue weighted by Crippen LogP contribution is -2.40. The molecule has 1 aliphatic rings. The zero-order valence-corrected chi connectivity index (χ0v) is 15.9. The van der Waals surface area contributed by atoms with E-state index < -0.39 is 0 Å². The van der Waals surface area contributed by atoms with Crippen molar-refractivity contribution in [1.29, 1.82) is 0 Å². The lowest BCUT2D eigenvalue weighted by atomic mass is 9.96. The van der Waals surface area contributed by atoms with Crippen molar-refractivity contribution in [2.24, 2.45) is 7.05 Å². The Kier molecular flexibility index (Phi) is 4.79. The summed E-state index contributed by atoms with van der Waals surface area (Å²) in [6.45, 7) is 4.20. The maximum atomic E-state index is 13.0. The summed E-state index contributed by atoms with van der Waals surface area (Å²) in [5, 5.41) is 4.31. The lowest BCUT2D eigenvalue weighted by molar-refractivity contribution is 0.0702. The SMILES string of the molecule is Cc1nn(C)cc1C(=O)N1CCC[C@H](c2nccn2Cc2ccccc2)C1. The number of rotatable bonds is 4. The van der Waals surface area contributed by atoms with Gasteiger partial charge in [-0.3, -0.25) is 9.48 Å². The minimum atomic E-state index is 0.0754. The number of imidazole rings is 1. The summed E-state index contributed by atoms with van der Waals surface area (Å²) in [6.07, 6.45) is 7.77. The van der Waals surface area contributed by atoms with Crippen molar-refractivity contribution in [3.05, 3.63) is 71.6 Å². The van der Waals surface area contributed by atoms with Crippen molar-refractivity contribution in [2.45, 2.75) is 32.2 Å². The number of likely N-dealkylation sites (tertiary alicyclic amines) is 1. The zero-order chi connectivity index (χ0) is 18.8. The predicted molar refractivity (Wildman–Crippen MR) is 104 cm³/mol. The average Bonchev–Trinajstić information content (AvgIpc) is 3.28. The Labute approximate surface area is 159 Å². The number of nitrogens with zero attached hydrogens (tertiary/aromatic N) is 5. The van der Waals surface area contributed by atoms with Crippen molar-refractivity contribution in [1.82, 2.24) is 24.2 Å². The van der Waals surface area contributed by atoms with Gasteiger partial charge in [0.1, 0.15) is 5.82 Å². The number of hydrogen-bond donors (Lipinski definition) is 0. The third-order valence-electron chi connectivity index (χ3n) is 5.26. The number of aryl methyl sites for hydroxylation is 2. The third-order valence-corrected chi connectivity index (χ3v) is 5.26. The van der Waals surface area contributed by atoms with Gasteiger partial charge in [0.15, 0.2) is 0 Å². The first-order chi connectivity index (χ1) is 13.1. The monoisotopic (exact) mass is 363 g/mol. The lowest BCUT2D eigenvalue weighted by Gasteiger charge is -2.32. The van der Waals surface area contributed by atoms with Gasteiger partial charge in [0.05, 0.1) is 11.3 Å². The Morgan fingerprint density at radius 1 is 1.26 bits per heavy atom. The molecule has 1 saturated heterocycles. The second-order valence-corrected chi connectivity index (χ2v) is 7.29. The van der Waals surface area contributed by atoms with E-state index in [0.717, 1.165) is 37.4 Å². The van der Waals surface area contributed by atoms with Gasteiger partial charge in [-0.2, -0.15) is 5.10 Å². The van der Waals surface area contributed by atoms with Crippen molar-refractivity contribution < 1.29 is 4.79 Å². The number of hydrogen-bond acceptors (Lipinski definition) is 3. The highest BCUT2D eigenvalue weighted by atomic mass is 16.2. The van der Waals surface area contributed by atoms with Gasteiger partial charge in [-0.25, -0.2) is 4.98 Å². The fourth-order valence-electron chi connectivity index (χ4n) is 3.95. The van der Waals surface area contributed by atoms with Crippen LogP contribution < -0.4 is 0 Å². The molecule has 3 heterocycles. The highest BCUT2D eigenvalue weighted by Crippen LogP contribution is 2.27. The summed E-state index contributed by atoms with van der Waals surface area (Å²) in [5.74, 6) is 1.41. The maximum absolute atomic E-state index is 13.0. The average molecular weight is 363 g/mol. The van der Waals surface area contributed by atoms with Gasteiger partial charge in [-0.15, -0.1) is 0 Å². The van der Waals surface area contributed by atoms with E-state index in [1.165, 1.54) is 5.56 Å². The standard InChI is InChI=1S/C21H25N5O/c1-16-19(15-24(2)23-16)21(27)26-11-6-9-18(14-26)20-22-10-12-25(20)13-17-7-4-3-5-8-17/h3-5,7-8,10,12,15,18H,6,9,11,13-14H2,1-2H3/t18-/m0/s1. The first-order valence-electron chi connectivity index (χ1n) is 9.46. The quantitative estimate of drug-likeness (QED) is 0.716. The molecule has 1 fully saturated rings. The molecule has 1 aliphatic heterocycles. The van der Waals surface area contributed by atoms with Crippen LogP contribution in [-0.2, 0) is 13.6 Å². The number of amides is 1. The molecule has 6 nitrogen and oxygen atoms in total. The van der Waals surface area contributed by atoms with Crippen molar-refractivity contribution in [2.75, 3.05) is 13.1 Å². The summed E-state index contributed by atoms with van der Waals surface area (Å²) in [7, 11) is 1.85. The van der Waals surface area contributed by atoms with Crippen LogP contribution in [0.5, 0.6) is 0 Å². The highest BCUT2D eigenvalue weighted by Gasteiger charge is 2.29. The summed E-state index contributed by atoms with van der Waals surface area (Å²) >= 11 is 0. The highest BCUT2D eigenvalue weighted by molar-refractivity contribution is 5.95. The molecule has 0 radical (unpaired) electrons. The van der Waals surface area contributed by atoms with Crippen LogP contribution in [0, 0.1) is 6.92 Å². The van der Waals surface area contributed by atoms with E-state index >= 15 is 0 Å². The van der Waals surface area contributed by atoms with E-state index in [1.54, 1.807) is 4.68 Å². The van der Waals surface area contributed by atoms with Gasteiger partial charge < -0.3 is 9.47 Å². The molecule has 140 valence electrons. The summed E-state index contributed by atoms with van der Waals surface area (Å²) < 4.78 is 3.92. The number of carbonyl (C=O) groups is 1. The van der Waals surface area contributed by atoms with E-state index in [-0.39, 0.29) is 11.8 Å². The third kappa shape index (κ3) is 3.65. The molecule has 27 heavy (non-hydrogen) atoms. The smallest absolute Gasteiger partial charge is 0.257 e. The molecule has 3 aromatic rings. The van der Waals surface area contributed by atoms with E-state index in [9.17, 15) is 4.79 Å². The molecule has 1 amide bonds. The van der Waals surface area contributed by atoms with Crippen LogP contribution in [0.25, 0.3) is 0 Å². The minimum absolute atomic E-state index is 0.0754. The van der Waals surface area contributed by atoms with Crippen LogP contribution in [0.4, 0.5) is 0 Å². The van der Waals surface area contributed by atoms with E-state index in [4.69, 9.17) is 0 Å². The summed E-state index contributed by atoms with van der Waals surface area (Å²) in [4.78, 5) is 19.6. The van der Waals surface area contributed by atoms with Gasteiger partial charge in [-0.1, -0.05) is 30.3 Å².